The van der Waals surface area contributed by atoms with Gasteiger partial charge in [0.05, 0.1) is 17.3 Å². The van der Waals surface area contributed by atoms with Gasteiger partial charge in [-0.25, -0.2) is 0 Å². The first-order chi connectivity index (χ1) is 14.8. The highest BCUT2D eigenvalue weighted by Crippen LogP contribution is 2.25. The molecule has 0 fully saturated rings. The summed E-state index contributed by atoms with van der Waals surface area (Å²) < 4.78 is 0. The number of benzene rings is 2. The number of nitrogens with one attached hydrogen (secondary N) is 3. The van der Waals surface area contributed by atoms with Gasteiger partial charge in [0, 0.05) is 38.3 Å². The predicted octanol–water partition coefficient (Wildman–Crippen LogP) is 4.15. The zero-order valence-electron chi connectivity index (χ0n) is 18.1. The Labute approximate surface area is 188 Å². The van der Waals surface area contributed by atoms with Gasteiger partial charge in [0.2, 0.25) is 17.7 Å². The Morgan fingerprint density at radius 3 is 2.35 bits per heavy atom. The molecule has 0 atom stereocenters. The highest BCUT2D eigenvalue weighted by Gasteiger charge is 2.09. The zero-order valence-corrected chi connectivity index (χ0v) is 18.9. The summed E-state index contributed by atoms with van der Waals surface area (Å²) >= 11 is 6.20. The number of hydrogen-bond donors (Lipinski definition) is 3. The Bertz CT molecular complexity index is 931. The molecule has 2 aromatic rings. The summed E-state index contributed by atoms with van der Waals surface area (Å²) in [7, 11) is 3.46. The lowest BCUT2D eigenvalue weighted by Gasteiger charge is -2.12. The summed E-state index contributed by atoms with van der Waals surface area (Å²) in [5.74, 6) is -0.248. The second-order valence-electron chi connectivity index (χ2n) is 7.38. The topological polar surface area (TPSA) is 90.5 Å². The molecule has 0 heterocycles. The van der Waals surface area contributed by atoms with Gasteiger partial charge in [-0.1, -0.05) is 30.7 Å². The first kappa shape index (κ1) is 24.2. The fourth-order valence-electron chi connectivity index (χ4n) is 2.85. The van der Waals surface area contributed by atoms with E-state index in [1.165, 1.54) is 0 Å². The molecule has 3 N–H and O–H groups in total. The minimum absolute atomic E-state index is 0.00935. The van der Waals surface area contributed by atoms with Gasteiger partial charge in [-0.05, 0) is 48.7 Å². The van der Waals surface area contributed by atoms with Crippen LogP contribution < -0.4 is 16.0 Å². The van der Waals surface area contributed by atoms with Crippen molar-refractivity contribution in [3.8, 4) is 0 Å². The zero-order chi connectivity index (χ0) is 22.8. The molecule has 2 aromatic carbocycles. The van der Waals surface area contributed by atoms with E-state index in [2.05, 4.69) is 16.0 Å². The molecule has 0 aromatic heterocycles. The molecule has 0 aliphatic heterocycles. The summed E-state index contributed by atoms with van der Waals surface area (Å²) in [4.78, 5) is 37.5. The van der Waals surface area contributed by atoms with Crippen molar-refractivity contribution in [1.82, 2.24) is 4.90 Å². The monoisotopic (exact) mass is 444 g/mol. The van der Waals surface area contributed by atoms with Crippen LogP contribution in [0.4, 0.5) is 17.1 Å². The molecule has 0 saturated heterocycles. The number of carbonyl (C=O) groups is 3. The van der Waals surface area contributed by atoms with Crippen LogP contribution in [0, 0.1) is 0 Å². The molecule has 31 heavy (non-hydrogen) atoms. The molecule has 0 radical (unpaired) electrons. The molecule has 8 heteroatoms. The van der Waals surface area contributed by atoms with E-state index in [1.807, 2.05) is 25.1 Å². The third-order valence-electron chi connectivity index (χ3n) is 4.50. The largest absolute Gasteiger partial charge is 0.375 e. The number of nitrogens with zero attached hydrogens (tertiary/aromatic N) is 1. The van der Waals surface area contributed by atoms with Crippen LogP contribution in [0.5, 0.6) is 0 Å². The van der Waals surface area contributed by atoms with E-state index < -0.39 is 0 Å². The van der Waals surface area contributed by atoms with Crippen molar-refractivity contribution in [2.24, 2.45) is 0 Å². The average molecular weight is 445 g/mol. The van der Waals surface area contributed by atoms with Crippen molar-refractivity contribution in [3.05, 3.63) is 53.1 Å². The van der Waals surface area contributed by atoms with E-state index in [9.17, 15) is 14.4 Å². The van der Waals surface area contributed by atoms with Crippen LogP contribution in [0.3, 0.4) is 0 Å². The summed E-state index contributed by atoms with van der Waals surface area (Å²) in [6.45, 7) is 1.95. The van der Waals surface area contributed by atoms with Gasteiger partial charge in [0.1, 0.15) is 0 Å². The standard InChI is InChI=1S/C23H29ClN4O3/c1-4-6-21(29)26-18-10-11-19(24)20(14-18)25-15-22(30)27-17-8-5-7-16(13-17)9-12-23(31)28(2)3/h5,7-8,10-11,13-14,25H,4,6,9,12,15H2,1-3H3,(H,26,29)(H,27,30). The van der Waals surface area contributed by atoms with Gasteiger partial charge < -0.3 is 20.9 Å². The van der Waals surface area contributed by atoms with Gasteiger partial charge in [0.25, 0.3) is 0 Å². The predicted molar refractivity (Wildman–Crippen MR) is 126 cm³/mol. The fourth-order valence-corrected chi connectivity index (χ4v) is 3.03. The Morgan fingerprint density at radius 2 is 1.65 bits per heavy atom. The number of amides is 3. The Hall–Kier alpha value is -3.06. The maximum atomic E-state index is 12.4. The first-order valence-electron chi connectivity index (χ1n) is 10.2. The average Bonchev–Trinajstić information content (AvgIpc) is 2.72. The molecular formula is C23H29ClN4O3. The molecule has 0 aliphatic rings. The number of rotatable bonds is 10. The van der Waals surface area contributed by atoms with Crippen molar-refractivity contribution in [2.45, 2.75) is 32.6 Å². The summed E-state index contributed by atoms with van der Waals surface area (Å²) in [6.07, 6.45) is 2.22. The van der Waals surface area contributed by atoms with Crippen molar-refractivity contribution < 1.29 is 14.4 Å². The summed E-state index contributed by atoms with van der Waals surface area (Å²) in [6, 6.07) is 12.5. The molecule has 0 saturated carbocycles. The Kier molecular flexibility index (Phi) is 9.34. The molecule has 0 bridgehead atoms. The van der Waals surface area contributed by atoms with Gasteiger partial charge >= 0.3 is 0 Å². The van der Waals surface area contributed by atoms with E-state index in [-0.39, 0.29) is 24.3 Å². The van der Waals surface area contributed by atoms with Gasteiger partial charge in [-0.3, -0.25) is 14.4 Å². The number of anilines is 3. The molecular weight excluding hydrogens is 416 g/mol. The quantitative estimate of drug-likeness (QED) is 0.513. The molecule has 0 aliphatic carbocycles. The van der Waals surface area contributed by atoms with Crippen molar-refractivity contribution in [3.63, 3.8) is 0 Å². The number of halogens is 1. The maximum absolute atomic E-state index is 12.4. The fraction of sp³-hybridized carbons (Fsp3) is 0.348. The lowest BCUT2D eigenvalue weighted by molar-refractivity contribution is -0.128. The maximum Gasteiger partial charge on any atom is 0.243 e. The van der Waals surface area contributed by atoms with Crippen molar-refractivity contribution >= 4 is 46.4 Å². The minimum Gasteiger partial charge on any atom is -0.375 e. The normalized spacial score (nSPS) is 10.3. The molecule has 7 nitrogen and oxygen atoms in total. The third-order valence-corrected chi connectivity index (χ3v) is 4.83. The Balaban J connectivity index is 1.91. The molecule has 3 amide bonds. The van der Waals surface area contributed by atoms with E-state index >= 15 is 0 Å². The number of carbonyl (C=O) groups excluding carboxylic acids is 3. The van der Waals surface area contributed by atoms with E-state index in [4.69, 9.17) is 11.6 Å². The van der Waals surface area contributed by atoms with Crippen LogP contribution in [0.15, 0.2) is 42.5 Å². The highest BCUT2D eigenvalue weighted by atomic mass is 35.5. The van der Waals surface area contributed by atoms with Gasteiger partial charge in [-0.15, -0.1) is 0 Å². The molecule has 2 rings (SSSR count). The lowest BCUT2D eigenvalue weighted by atomic mass is 10.1. The smallest absolute Gasteiger partial charge is 0.243 e. The van der Waals surface area contributed by atoms with Gasteiger partial charge in [-0.2, -0.15) is 0 Å². The van der Waals surface area contributed by atoms with E-state index in [1.54, 1.807) is 43.3 Å². The van der Waals surface area contributed by atoms with Crippen LogP contribution in [-0.4, -0.2) is 43.3 Å². The highest BCUT2D eigenvalue weighted by molar-refractivity contribution is 6.33. The number of hydrogen-bond acceptors (Lipinski definition) is 4. The lowest BCUT2D eigenvalue weighted by Crippen LogP contribution is -2.22. The Morgan fingerprint density at radius 1 is 0.935 bits per heavy atom. The van der Waals surface area contributed by atoms with Crippen LogP contribution in [-0.2, 0) is 20.8 Å². The summed E-state index contributed by atoms with van der Waals surface area (Å²) in [5, 5.41) is 9.10. The molecule has 166 valence electrons. The van der Waals surface area contributed by atoms with Crippen molar-refractivity contribution in [1.29, 1.82) is 0 Å². The number of aryl methyl sites for hydroxylation is 1. The first-order valence-corrected chi connectivity index (χ1v) is 10.6. The van der Waals surface area contributed by atoms with Crippen LogP contribution in [0.25, 0.3) is 0 Å². The van der Waals surface area contributed by atoms with Gasteiger partial charge in [0.15, 0.2) is 0 Å². The SMILES string of the molecule is CCCC(=O)Nc1ccc(Cl)c(NCC(=O)Nc2cccc(CCC(=O)N(C)C)c2)c1. The second kappa shape index (κ2) is 12.0. The van der Waals surface area contributed by atoms with Crippen LogP contribution in [0.2, 0.25) is 5.02 Å². The third kappa shape index (κ3) is 8.30. The van der Waals surface area contributed by atoms with E-state index in [0.717, 1.165) is 12.0 Å². The van der Waals surface area contributed by atoms with Crippen LogP contribution in [0.1, 0.15) is 31.7 Å². The minimum atomic E-state index is -0.238. The van der Waals surface area contributed by atoms with E-state index in [0.29, 0.717) is 41.3 Å². The van der Waals surface area contributed by atoms with Crippen LogP contribution >= 0.6 is 11.6 Å². The molecule has 0 spiro atoms. The van der Waals surface area contributed by atoms with Crippen molar-refractivity contribution in [2.75, 3.05) is 36.6 Å². The second-order valence-corrected chi connectivity index (χ2v) is 7.79. The molecule has 0 unspecified atom stereocenters. The summed E-state index contributed by atoms with van der Waals surface area (Å²) in [5.41, 5.74) is 2.81.